The molecule has 0 unspecified atom stereocenters. The fraction of sp³-hybridized carbons (Fsp3) is 0.222. The van der Waals surface area contributed by atoms with Crippen molar-refractivity contribution in [2.24, 2.45) is 0 Å². The molecule has 2 aromatic rings. The molecule has 0 spiro atoms. The van der Waals surface area contributed by atoms with Gasteiger partial charge in [0, 0.05) is 11.8 Å². The van der Waals surface area contributed by atoms with E-state index in [0.29, 0.717) is 11.6 Å². The molecule has 2 heterocycles. The van der Waals surface area contributed by atoms with Crippen LogP contribution in [0.3, 0.4) is 0 Å². The monoisotopic (exact) mass is 177 g/mol. The third-order valence-corrected chi connectivity index (χ3v) is 1.80. The average molecular weight is 177 g/mol. The summed E-state index contributed by atoms with van der Waals surface area (Å²) in [6, 6.07) is 5.34. The van der Waals surface area contributed by atoms with E-state index in [1.807, 2.05) is 6.92 Å². The third-order valence-electron chi connectivity index (χ3n) is 1.80. The maximum atomic E-state index is 10.6. The number of hydrogen-bond donors (Lipinski definition) is 0. The highest BCUT2D eigenvalue weighted by Gasteiger charge is 2.06. The SMILES string of the molecule is Cc1cc(C[O])nn1-c1ccco1. The standard InChI is InChI=1S/C9H9N2O2/c1-7-5-8(6-12)10-11(7)9-3-2-4-13-9/h2-5H,6H2,1H3. The molecule has 0 aliphatic carbocycles. The number of aromatic nitrogens is 2. The molecule has 0 bridgehead atoms. The highest BCUT2D eigenvalue weighted by atomic mass is 16.3. The van der Waals surface area contributed by atoms with Crippen molar-refractivity contribution in [3.8, 4) is 5.88 Å². The van der Waals surface area contributed by atoms with E-state index in [0.717, 1.165) is 5.69 Å². The number of rotatable bonds is 2. The van der Waals surface area contributed by atoms with Crippen molar-refractivity contribution in [2.45, 2.75) is 13.5 Å². The molecular formula is C9H9N2O2. The molecule has 0 aliphatic rings. The lowest BCUT2D eigenvalue weighted by Crippen LogP contribution is -1.97. The van der Waals surface area contributed by atoms with Gasteiger partial charge in [0.05, 0.1) is 12.0 Å². The second-order valence-corrected chi connectivity index (χ2v) is 2.78. The predicted octanol–water partition coefficient (Wildman–Crippen LogP) is 1.70. The highest BCUT2D eigenvalue weighted by molar-refractivity contribution is 5.22. The number of aryl methyl sites for hydroxylation is 1. The van der Waals surface area contributed by atoms with Crippen molar-refractivity contribution in [2.75, 3.05) is 0 Å². The van der Waals surface area contributed by atoms with Crippen molar-refractivity contribution in [3.63, 3.8) is 0 Å². The summed E-state index contributed by atoms with van der Waals surface area (Å²) in [5.41, 5.74) is 1.44. The minimum Gasteiger partial charge on any atom is -0.447 e. The number of hydrogen-bond acceptors (Lipinski definition) is 2. The first kappa shape index (κ1) is 8.07. The highest BCUT2D eigenvalue weighted by Crippen LogP contribution is 2.12. The summed E-state index contributed by atoms with van der Waals surface area (Å²) in [6.45, 7) is 1.59. The molecule has 2 aromatic heterocycles. The normalized spacial score (nSPS) is 10.6. The molecule has 67 valence electrons. The third kappa shape index (κ3) is 1.36. The fourth-order valence-electron chi connectivity index (χ4n) is 1.22. The topological polar surface area (TPSA) is 50.9 Å². The van der Waals surface area contributed by atoms with Crippen LogP contribution in [-0.2, 0) is 11.7 Å². The molecule has 0 aromatic carbocycles. The van der Waals surface area contributed by atoms with Crippen molar-refractivity contribution < 1.29 is 9.52 Å². The van der Waals surface area contributed by atoms with Gasteiger partial charge in [-0.25, -0.2) is 9.79 Å². The molecule has 2 rings (SSSR count). The molecule has 4 heteroatoms. The van der Waals surface area contributed by atoms with Gasteiger partial charge in [0.25, 0.3) is 0 Å². The lowest BCUT2D eigenvalue weighted by molar-refractivity contribution is 0.173. The first-order chi connectivity index (χ1) is 6.31. The van der Waals surface area contributed by atoms with Crippen LogP contribution in [0.25, 0.3) is 5.88 Å². The van der Waals surface area contributed by atoms with E-state index in [9.17, 15) is 5.11 Å². The van der Waals surface area contributed by atoms with Crippen LogP contribution in [0, 0.1) is 6.92 Å². The predicted molar refractivity (Wildman–Crippen MR) is 45.0 cm³/mol. The Morgan fingerprint density at radius 1 is 1.62 bits per heavy atom. The van der Waals surface area contributed by atoms with Crippen LogP contribution in [-0.4, -0.2) is 9.78 Å². The van der Waals surface area contributed by atoms with Crippen LogP contribution in [0.1, 0.15) is 11.4 Å². The Hall–Kier alpha value is -1.55. The first-order valence-electron chi connectivity index (χ1n) is 3.99. The lowest BCUT2D eigenvalue weighted by Gasteiger charge is -1.96. The molecule has 1 radical (unpaired) electrons. The van der Waals surface area contributed by atoms with Crippen molar-refractivity contribution >= 4 is 0 Å². The molecule has 0 saturated carbocycles. The summed E-state index contributed by atoms with van der Waals surface area (Å²) >= 11 is 0. The van der Waals surface area contributed by atoms with Gasteiger partial charge in [-0.05, 0) is 19.1 Å². The zero-order valence-corrected chi connectivity index (χ0v) is 7.23. The average Bonchev–Trinajstić information content (AvgIpc) is 2.72. The van der Waals surface area contributed by atoms with Gasteiger partial charge in [-0.15, -0.1) is 0 Å². The molecule has 0 amide bonds. The van der Waals surface area contributed by atoms with Crippen molar-refractivity contribution in [1.82, 2.24) is 9.78 Å². The van der Waals surface area contributed by atoms with E-state index in [2.05, 4.69) is 5.10 Å². The van der Waals surface area contributed by atoms with Crippen LogP contribution in [0.5, 0.6) is 0 Å². The summed E-state index contributed by atoms with van der Waals surface area (Å²) in [4.78, 5) is 0. The van der Waals surface area contributed by atoms with E-state index in [1.165, 1.54) is 0 Å². The Bertz CT molecular complexity index is 390. The Morgan fingerprint density at radius 3 is 3.00 bits per heavy atom. The number of furan rings is 1. The second-order valence-electron chi connectivity index (χ2n) is 2.78. The summed E-state index contributed by atoms with van der Waals surface area (Å²) in [5, 5.41) is 14.6. The van der Waals surface area contributed by atoms with Crippen LogP contribution >= 0.6 is 0 Å². The molecule has 0 saturated heterocycles. The smallest absolute Gasteiger partial charge is 0.219 e. The maximum Gasteiger partial charge on any atom is 0.219 e. The molecule has 4 nitrogen and oxygen atoms in total. The molecule has 0 fully saturated rings. The minimum atomic E-state index is -0.297. The maximum absolute atomic E-state index is 10.6. The quantitative estimate of drug-likeness (QED) is 0.701. The Kier molecular flexibility index (Phi) is 1.90. The van der Waals surface area contributed by atoms with E-state index < -0.39 is 0 Å². The summed E-state index contributed by atoms with van der Waals surface area (Å²) < 4.78 is 6.77. The molecule has 13 heavy (non-hydrogen) atoms. The minimum absolute atomic E-state index is 0.297. The molecule has 0 aliphatic heterocycles. The van der Waals surface area contributed by atoms with Gasteiger partial charge in [-0.3, -0.25) is 0 Å². The van der Waals surface area contributed by atoms with E-state index >= 15 is 0 Å². The summed E-state index contributed by atoms with van der Waals surface area (Å²) in [7, 11) is 0. The van der Waals surface area contributed by atoms with Crippen LogP contribution in [0.2, 0.25) is 0 Å². The van der Waals surface area contributed by atoms with E-state index in [1.54, 1.807) is 29.1 Å². The molecule has 0 atom stereocenters. The van der Waals surface area contributed by atoms with Gasteiger partial charge in [-0.1, -0.05) is 0 Å². The Balaban J connectivity index is 2.46. The summed E-state index contributed by atoms with van der Waals surface area (Å²) in [6.07, 6.45) is 1.58. The van der Waals surface area contributed by atoms with Gasteiger partial charge in [0.1, 0.15) is 6.61 Å². The molecule has 0 N–H and O–H groups in total. The van der Waals surface area contributed by atoms with Gasteiger partial charge in [0.15, 0.2) is 0 Å². The van der Waals surface area contributed by atoms with Gasteiger partial charge in [0.2, 0.25) is 5.88 Å². The van der Waals surface area contributed by atoms with E-state index in [-0.39, 0.29) is 6.61 Å². The zero-order chi connectivity index (χ0) is 9.26. The van der Waals surface area contributed by atoms with Crippen LogP contribution in [0.15, 0.2) is 28.9 Å². The fourth-order valence-corrected chi connectivity index (χ4v) is 1.22. The Morgan fingerprint density at radius 2 is 2.46 bits per heavy atom. The summed E-state index contributed by atoms with van der Waals surface area (Å²) in [5.74, 6) is 0.636. The van der Waals surface area contributed by atoms with Crippen molar-refractivity contribution in [3.05, 3.63) is 35.9 Å². The van der Waals surface area contributed by atoms with Gasteiger partial charge >= 0.3 is 0 Å². The largest absolute Gasteiger partial charge is 0.447 e. The second kappa shape index (κ2) is 3.06. The van der Waals surface area contributed by atoms with Gasteiger partial charge < -0.3 is 4.42 Å². The lowest BCUT2D eigenvalue weighted by atomic mass is 10.4. The zero-order valence-electron chi connectivity index (χ0n) is 7.23. The van der Waals surface area contributed by atoms with E-state index in [4.69, 9.17) is 4.42 Å². The first-order valence-corrected chi connectivity index (χ1v) is 3.99. The molecular weight excluding hydrogens is 168 g/mol. The van der Waals surface area contributed by atoms with Crippen molar-refractivity contribution in [1.29, 1.82) is 0 Å². The van der Waals surface area contributed by atoms with Crippen LogP contribution < -0.4 is 0 Å². The van der Waals surface area contributed by atoms with Crippen LogP contribution in [0.4, 0.5) is 0 Å². The number of nitrogens with zero attached hydrogens (tertiary/aromatic N) is 2. The Labute approximate surface area is 75.4 Å². The van der Waals surface area contributed by atoms with Gasteiger partial charge in [-0.2, -0.15) is 5.10 Å².